The van der Waals surface area contributed by atoms with E-state index >= 15 is 0 Å². The largest absolute Gasteiger partial charge is 0.389 e. The Morgan fingerprint density at radius 3 is 2.82 bits per heavy atom. The Labute approximate surface area is 97.3 Å². The van der Waals surface area contributed by atoms with Crippen LogP contribution in [-0.4, -0.2) is 20.5 Å². The van der Waals surface area contributed by atoms with Crippen molar-refractivity contribution in [2.75, 3.05) is 0 Å². The Morgan fingerprint density at radius 1 is 1.47 bits per heavy atom. The third kappa shape index (κ3) is 2.50. The number of hydrogen-bond acceptors (Lipinski definition) is 3. The Bertz CT molecular complexity index is 614. The maximum absolute atomic E-state index is 13.0. The van der Waals surface area contributed by atoms with E-state index in [0.717, 1.165) is 0 Å². The molecule has 0 radical (unpaired) electrons. The molecule has 1 heterocycles. The van der Waals surface area contributed by atoms with Crippen molar-refractivity contribution in [3.05, 3.63) is 40.6 Å². The molecule has 90 valence electrons. The van der Waals surface area contributed by atoms with Crippen LogP contribution in [0.2, 0.25) is 0 Å². The summed E-state index contributed by atoms with van der Waals surface area (Å²) < 4.78 is 14.1. The van der Waals surface area contributed by atoms with Gasteiger partial charge in [-0.2, -0.15) is 5.10 Å². The van der Waals surface area contributed by atoms with E-state index in [2.05, 4.69) is 5.10 Å². The molecule has 1 N–H and O–H groups in total. The highest BCUT2D eigenvalue weighted by Crippen LogP contribution is 2.11. The number of nitrogens with zero attached hydrogens (tertiary/aromatic N) is 2. The molecule has 0 amide bonds. The smallest absolute Gasteiger partial charge is 0.274 e. The number of hydrogen-bond donors (Lipinski definition) is 1. The highest BCUT2D eigenvalue weighted by atomic mass is 19.1. The summed E-state index contributed by atoms with van der Waals surface area (Å²) in [5, 5.41) is 14.4. The second-order valence-corrected chi connectivity index (χ2v) is 4.65. The van der Waals surface area contributed by atoms with Crippen LogP contribution in [-0.2, 0) is 6.54 Å². The maximum Gasteiger partial charge on any atom is 0.274 e. The molecule has 0 aliphatic heterocycles. The second kappa shape index (κ2) is 3.92. The third-order valence-corrected chi connectivity index (χ3v) is 2.35. The lowest BCUT2D eigenvalue weighted by Crippen LogP contribution is -2.34. The highest BCUT2D eigenvalue weighted by molar-refractivity contribution is 5.80. The molecular weight excluding hydrogens is 223 g/mol. The molecule has 0 atom stereocenters. The van der Waals surface area contributed by atoms with Gasteiger partial charge in [0.2, 0.25) is 0 Å². The minimum atomic E-state index is -1.02. The minimum Gasteiger partial charge on any atom is -0.389 e. The lowest BCUT2D eigenvalue weighted by atomic mass is 10.1. The van der Waals surface area contributed by atoms with Crippen molar-refractivity contribution >= 4 is 10.8 Å². The fraction of sp³-hybridized carbons (Fsp3) is 0.333. The van der Waals surface area contributed by atoms with Gasteiger partial charge in [0.25, 0.3) is 5.56 Å². The molecule has 0 fully saturated rings. The van der Waals surface area contributed by atoms with E-state index < -0.39 is 11.4 Å². The lowest BCUT2D eigenvalue weighted by Gasteiger charge is -2.17. The predicted molar refractivity (Wildman–Crippen MR) is 62.3 cm³/mol. The quantitative estimate of drug-likeness (QED) is 0.855. The fourth-order valence-corrected chi connectivity index (χ4v) is 1.64. The van der Waals surface area contributed by atoms with E-state index in [1.807, 2.05) is 0 Å². The molecule has 0 aliphatic rings. The van der Waals surface area contributed by atoms with Gasteiger partial charge in [-0.1, -0.05) is 0 Å². The van der Waals surface area contributed by atoms with Crippen LogP contribution in [0.5, 0.6) is 0 Å². The molecule has 0 saturated heterocycles. The standard InChI is InChI=1S/C12H13FN2O2/c1-12(2,17)7-15-11(16)10-4-3-9(13)5-8(10)6-14-15/h3-6,17H,7H2,1-2H3. The summed E-state index contributed by atoms with van der Waals surface area (Å²) in [6.07, 6.45) is 1.42. The van der Waals surface area contributed by atoms with Gasteiger partial charge in [-0.3, -0.25) is 4.79 Å². The van der Waals surface area contributed by atoms with Crippen LogP contribution in [0.15, 0.2) is 29.2 Å². The van der Waals surface area contributed by atoms with Crippen molar-refractivity contribution in [2.45, 2.75) is 26.0 Å². The van der Waals surface area contributed by atoms with Crippen LogP contribution in [0.1, 0.15) is 13.8 Å². The van der Waals surface area contributed by atoms with Gasteiger partial charge in [0, 0.05) is 5.39 Å². The summed E-state index contributed by atoms with van der Waals surface area (Å²) >= 11 is 0. The van der Waals surface area contributed by atoms with Crippen molar-refractivity contribution in [3.63, 3.8) is 0 Å². The van der Waals surface area contributed by atoms with Gasteiger partial charge in [0.05, 0.1) is 23.7 Å². The summed E-state index contributed by atoms with van der Waals surface area (Å²) in [7, 11) is 0. The maximum atomic E-state index is 13.0. The summed E-state index contributed by atoms with van der Waals surface area (Å²) in [6.45, 7) is 3.28. The van der Waals surface area contributed by atoms with Crippen molar-refractivity contribution in [1.82, 2.24) is 9.78 Å². The first-order valence-electron chi connectivity index (χ1n) is 5.25. The summed E-state index contributed by atoms with van der Waals surface area (Å²) in [5.74, 6) is -0.404. The van der Waals surface area contributed by atoms with E-state index in [-0.39, 0.29) is 12.1 Å². The van der Waals surface area contributed by atoms with E-state index in [1.54, 1.807) is 13.8 Å². The first kappa shape index (κ1) is 11.7. The topological polar surface area (TPSA) is 55.1 Å². The number of aliphatic hydroxyl groups is 1. The molecule has 5 heteroatoms. The Kier molecular flexibility index (Phi) is 2.71. The fourth-order valence-electron chi connectivity index (χ4n) is 1.64. The molecule has 1 aromatic heterocycles. The molecule has 4 nitrogen and oxygen atoms in total. The van der Waals surface area contributed by atoms with Crippen LogP contribution >= 0.6 is 0 Å². The lowest BCUT2D eigenvalue weighted by molar-refractivity contribution is 0.0563. The van der Waals surface area contributed by atoms with Gasteiger partial charge >= 0.3 is 0 Å². The van der Waals surface area contributed by atoms with Gasteiger partial charge in [-0.05, 0) is 32.0 Å². The number of rotatable bonds is 2. The summed E-state index contributed by atoms with van der Waals surface area (Å²) in [6, 6.07) is 3.92. The SMILES string of the molecule is CC(C)(O)Cn1ncc2cc(F)ccc2c1=O. The summed E-state index contributed by atoms with van der Waals surface area (Å²) in [4.78, 5) is 12.0. The van der Waals surface area contributed by atoms with Gasteiger partial charge in [-0.25, -0.2) is 9.07 Å². The zero-order chi connectivity index (χ0) is 12.6. The van der Waals surface area contributed by atoms with Crippen molar-refractivity contribution in [1.29, 1.82) is 0 Å². The van der Waals surface area contributed by atoms with Crippen LogP contribution in [0.25, 0.3) is 10.8 Å². The Balaban J connectivity index is 2.59. The van der Waals surface area contributed by atoms with Crippen molar-refractivity contribution < 1.29 is 9.50 Å². The zero-order valence-electron chi connectivity index (χ0n) is 9.64. The van der Waals surface area contributed by atoms with Gasteiger partial charge < -0.3 is 5.11 Å². The van der Waals surface area contributed by atoms with Crippen molar-refractivity contribution in [2.24, 2.45) is 0 Å². The van der Waals surface area contributed by atoms with Gasteiger partial charge in [-0.15, -0.1) is 0 Å². The first-order chi connectivity index (χ1) is 7.87. The van der Waals surface area contributed by atoms with Crippen LogP contribution in [0.3, 0.4) is 0 Å². The number of benzene rings is 1. The van der Waals surface area contributed by atoms with Gasteiger partial charge in [0.1, 0.15) is 5.82 Å². The van der Waals surface area contributed by atoms with Crippen LogP contribution < -0.4 is 5.56 Å². The van der Waals surface area contributed by atoms with E-state index in [1.165, 1.54) is 29.1 Å². The van der Waals surface area contributed by atoms with Crippen LogP contribution in [0, 0.1) is 5.82 Å². The van der Waals surface area contributed by atoms with Crippen LogP contribution in [0.4, 0.5) is 4.39 Å². The van der Waals surface area contributed by atoms with E-state index in [0.29, 0.717) is 10.8 Å². The predicted octanol–water partition coefficient (Wildman–Crippen LogP) is 1.31. The van der Waals surface area contributed by atoms with E-state index in [4.69, 9.17) is 0 Å². The molecule has 2 rings (SSSR count). The Hall–Kier alpha value is -1.75. The number of fused-ring (bicyclic) bond motifs is 1. The average molecular weight is 236 g/mol. The highest BCUT2D eigenvalue weighted by Gasteiger charge is 2.16. The molecule has 0 unspecified atom stereocenters. The third-order valence-electron chi connectivity index (χ3n) is 2.35. The summed E-state index contributed by atoms with van der Waals surface area (Å²) in [5.41, 5.74) is -1.35. The number of aromatic nitrogens is 2. The second-order valence-electron chi connectivity index (χ2n) is 4.65. The van der Waals surface area contributed by atoms with E-state index in [9.17, 15) is 14.3 Å². The minimum absolute atomic E-state index is 0.0964. The molecular formula is C12H13FN2O2. The van der Waals surface area contributed by atoms with Crippen molar-refractivity contribution in [3.8, 4) is 0 Å². The molecule has 0 saturated carbocycles. The normalized spacial score (nSPS) is 12.0. The molecule has 1 aromatic carbocycles. The molecule has 0 bridgehead atoms. The van der Waals surface area contributed by atoms with Gasteiger partial charge in [0.15, 0.2) is 0 Å². The molecule has 17 heavy (non-hydrogen) atoms. The molecule has 2 aromatic rings. The monoisotopic (exact) mass is 236 g/mol. The molecule has 0 spiro atoms. The first-order valence-corrected chi connectivity index (χ1v) is 5.25. The number of halogens is 1. The molecule has 0 aliphatic carbocycles. The average Bonchev–Trinajstić information content (AvgIpc) is 2.20. The Morgan fingerprint density at radius 2 is 2.18 bits per heavy atom. The zero-order valence-corrected chi connectivity index (χ0v) is 9.64.